The van der Waals surface area contributed by atoms with Gasteiger partial charge in [-0.2, -0.15) is 0 Å². The maximum atomic E-state index is 5.51. The molecule has 0 fully saturated rings. The summed E-state index contributed by atoms with van der Waals surface area (Å²) in [5.41, 5.74) is 4.78. The van der Waals surface area contributed by atoms with E-state index in [4.69, 9.17) is 4.84 Å². The van der Waals surface area contributed by atoms with Gasteiger partial charge in [0.1, 0.15) is 6.33 Å². The Morgan fingerprint density at radius 1 is 1.00 bits per heavy atom. The van der Waals surface area contributed by atoms with E-state index in [-0.39, 0.29) is 0 Å². The van der Waals surface area contributed by atoms with E-state index in [1.165, 1.54) is 0 Å². The SMILES string of the molecule is C1=Cc2ccc3c(ccc4ncncc43)c2ON1. The van der Waals surface area contributed by atoms with Crippen LogP contribution in [0.25, 0.3) is 27.8 Å². The Hall–Kier alpha value is -2.62. The Labute approximate surface area is 103 Å². The van der Waals surface area contributed by atoms with Crippen LogP contribution in [0.4, 0.5) is 0 Å². The number of aromatic nitrogens is 2. The van der Waals surface area contributed by atoms with Gasteiger partial charge >= 0.3 is 0 Å². The molecule has 2 aromatic carbocycles. The normalized spacial score (nSPS) is 13.1. The predicted molar refractivity (Wildman–Crippen MR) is 69.8 cm³/mol. The third kappa shape index (κ3) is 1.20. The number of hydroxylamine groups is 1. The summed E-state index contributed by atoms with van der Waals surface area (Å²) in [5.74, 6) is 0.848. The van der Waals surface area contributed by atoms with Crippen molar-refractivity contribution >= 4 is 27.8 Å². The van der Waals surface area contributed by atoms with E-state index in [0.29, 0.717) is 0 Å². The standard InChI is InChI=1S/C14H9N3O/c1-2-10-11(14-9(1)5-6-17-18-14)3-4-13-12(10)7-15-8-16-13/h1-8,17H. The van der Waals surface area contributed by atoms with E-state index in [0.717, 1.165) is 33.0 Å². The van der Waals surface area contributed by atoms with Gasteiger partial charge < -0.3 is 4.84 Å². The fraction of sp³-hybridized carbons (Fsp3) is 0. The van der Waals surface area contributed by atoms with Gasteiger partial charge in [-0.1, -0.05) is 12.1 Å². The highest BCUT2D eigenvalue weighted by molar-refractivity contribution is 6.08. The molecule has 0 spiro atoms. The Morgan fingerprint density at radius 3 is 2.94 bits per heavy atom. The van der Waals surface area contributed by atoms with Gasteiger partial charge in [-0.05, 0) is 23.6 Å². The van der Waals surface area contributed by atoms with Crippen molar-refractivity contribution in [1.29, 1.82) is 0 Å². The third-order valence-corrected chi connectivity index (χ3v) is 3.16. The second-order valence-electron chi connectivity index (χ2n) is 4.15. The molecule has 0 saturated heterocycles. The van der Waals surface area contributed by atoms with Crippen LogP contribution < -0.4 is 10.3 Å². The first-order valence-corrected chi connectivity index (χ1v) is 5.68. The van der Waals surface area contributed by atoms with Crippen molar-refractivity contribution in [2.45, 2.75) is 0 Å². The zero-order valence-corrected chi connectivity index (χ0v) is 9.42. The number of rotatable bonds is 0. The number of fused-ring (bicyclic) bond motifs is 5. The second kappa shape index (κ2) is 3.43. The number of nitrogens with one attached hydrogen (secondary N) is 1. The van der Waals surface area contributed by atoms with Crippen molar-refractivity contribution in [1.82, 2.24) is 15.4 Å². The average molecular weight is 235 g/mol. The Kier molecular flexibility index (Phi) is 1.80. The monoisotopic (exact) mass is 235 g/mol. The molecule has 0 bridgehead atoms. The molecule has 0 unspecified atom stereocenters. The summed E-state index contributed by atoms with van der Waals surface area (Å²) in [6.07, 6.45) is 7.17. The van der Waals surface area contributed by atoms with E-state index < -0.39 is 0 Å². The molecule has 18 heavy (non-hydrogen) atoms. The van der Waals surface area contributed by atoms with E-state index in [9.17, 15) is 0 Å². The van der Waals surface area contributed by atoms with Crippen LogP contribution in [-0.4, -0.2) is 9.97 Å². The van der Waals surface area contributed by atoms with Gasteiger partial charge in [0.05, 0.1) is 5.52 Å². The lowest BCUT2D eigenvalue weighted by Gasteiger charge is -2.15. The molecule has 1 N–H and O–H groups in total. The van der Waals surface area contributed by atoms with Crippen LogP contribution in [0.2, 0.25) is 0 Å². The smallest absolute Gasteiger partial charge is 0.170 e. The average Bonchev–Trinajstić information content (AvgIpc) is 2.46. The summed E-state index contributed by atoms with van der Waals surface area (Å²) >= 11 is 0. The fourth-order valence-electron chi connectivity index (χ4n) is 2.32. The second-order valence-corrected chi connectivity index (χ2v) is 4.15. The quantitative estimate of drug-likeness (QED) is 0.608. The van der Waals surface area contributed by atoms with Crippen LogP contribution in [-0.2, 0) is 0 Å². The first-order chi connectivity index (χ1) is 8.93. The van der Waals surface area contributed by atoms with Gasteiger partial charge in [-0.3, -0.25) is 0 Å². The molecule has 3 aromatic rings. The first-order valence-electron chi connectivity index (χ1n) is 5.68. The molecule has 4 rings (SSSR count). The van der Waals surface area contributed by atoms with Crippen LogP contribution in [0.3, 0.4) is 0 Å². The lowest BCUT2D eigenvalue weighted by Crippen LogP contribution is -2.14. The molecule has 2 heterocycles. The first kappa shape index (κ1) is 9.41. The van der Waals surface area contributed by atoms with Crippen LogP contribution in [0, 0.1) is 0 Å². The van der Waals surface area contributed by atoms with E-state index in [2.05, 4.69) is 21.5 Å². The maximum Gasteiger partial charge on any atom is 0.170 e. The van der Waals surface area contributed by atoms with Gasteiger partial charge in [0.2, 0.25) is 0 Å². The van der Waals surface area contributed by atoms with E-state index in [1.54, 1.807) is 12.5 Å². The molecule has 0 atom stereocenters. The molecule has 4 nitrogen and oxygen atoms in total. The molecule has 1 aromatic heterocycles. The number of nitrogens with zero attached hydrogens (tertiary/aromatic N) is 2. The van der Waals surface area contributed by atoms with E-state index in [1.807, 2.05) is 30.5 Å². The highest BCUT2D eigenvalue weighted by Gasteiger charge is 2.12. The summed E-state index contributed by atoms with van der Waals surface area (Å²) < 4.78 is 0. The van der Waals surface area contributed by atoms with Gasteiger partial charge in [0.25, 0.3) is 0 Å². The van der Waals surface area contributed by atoms with Crippen LogP contribution in [0.1, 0.15) is 5.56 Å². The molecule has 0 aliphatic carbocycles. The Morgan fingerprint density at radius 2 is 1.94 bits per heavy atom. The van der Waals surface area contributed by atoms with Crippen molar-refractivity contribution in [3.05, 3.63) is 48.6 Å². The minimum Gasteiger partial charge on any atom is -0.381 e. The van der Waals surface area contributed by atoms with Crippen molar-refractivity contribution in [2.75, 3.05) is 0 Å². The zero-order valence-electron chi connectivity index (χ0n) is 9.42. The maximum absolute atomic E-state index is 5.51. The summed E-state index contributed by atoms with van der Waals surface area (Å²) in [4.78, 5) is 13.9. The van der Waals surface area contributed by atoms with Crippen molar-refractivity contribution in [2.24, 2.45) is 0 Å². The number of benzene rings is 2. The lowest BCUT2D eigenvalue weighted by atomic mass is 10.0. The topological polar surface area (TPSA) is 47.0 Å². The summed E-state index contributed by atoms with van der Waals surface area (Å²) in [5, 5.41) is 3.20. The van der Waals surface area contributed by atoms with Gasteiger partial charge in [0.15, 0.2) is 5.75 Å². The van der Waals surface area contributed by atoms with Crippen LogP contribution in [0.15, 0.2) is 43.0 Å². The molecule has 1 aliphatic heterocycles. The number of hydrogen-bond donors (Lipinski definition) is 1. The van der Waals surface area contributed by atoms with Crippen LogP contribution in [0.5, 0.6) is 5.75 Å². The van der Waals surface area contributed by atoms with Gasteiger partial charge in [-0.25, -0.2) is 15.4 Å². The Bertz CT molecular complexity index is 796. The molecule has 4 heteroatoms. The fourth-order valence-corrected chi connectivity index (χ4v) is 2.32. The van der Waals surface area contributed by atoms with Crippen molar-refractivity contribution in [3.8, 4) is 5.75 Å². The zero-order chi connectivity index (χ0) is 11.9. The van der Waals surface area contributed by atoms with Gasteiger partial charge in [0, 0.05) is 28.7 Å². The highest BCUT2D eigenvalue weighted by Crippen LogP contribution is 2.34. The molecular weight excluding hydrogens is 226 g/mol. The molecular formula is C14H9N3O. The van der Waals surface area contributed by atoms with Gasteiger partial charge in [-0.15, -0.1) is 0 Å². The summed E-state index contributed by atoms with van der Waals surface area (Å²) in [7, 11) is 0. The molecule has 86 valence electrons. The van der Waals surface area contributed by atoms with Crippen molar-refractivity contribution < 1.29 is 4.84 Å². The lowest BCUT2D eigenvalue weighted by molar-refractivity contribution is 0.242. The van der Waals surface area contributed by atoms with Crippen molar-refractivity contribution in [3.63, 3.8) is 0 Å². The highest BCUT2D eigenvalue weighted by atomic mass is 16.6. The summed E-state index contributed by atoms with van der Waals surface area (Å²) in [6.45, 7) is 0. The minimum atomic E-state index is 0.848. The predicted octanol–water partition coefficient (Wildman–Crippen LogP) is 2.65. The summed E-state index contributed by atoms with van der Waals surface area (Å²) in [6, 6.07) is 8.14. The Balaban J connectivity index is 2.19. The molecule has 1 aliphatic rings. The molecule has 0 radical (unpaired) electrons. The third-order valence-electron chi connectivity index (χ3n) is 3.16. The van der Waals surface area contributed by atoms with Crippen LogP contribution >= 0.6 is 0 Å². The minimum absolute atomic E-state index is 0.848. The largest absolute Gasteiger partial charge is 0.381 e. The van der Waals surface area contributed by atoms with E-state index >= 15 is 0 Å². The number of hydrogen-bond acceptors (Lipinski definition) is 4. The molecule has 0 saturated carbocycles. The molecule has 0 amide bonds.